The highest BCUT2D eigenvalue weighted by molar-refractivity contribution is 5.83. The maximum atomic E-state index is 12.5. The second-order valence-corrected chi connectivity index (χ2v) is 7.08. The molecule has 118 valence electrons. The molecule has 1 saturated heterocycles. The summed E-state index contributed by atoms with van der Waals surface area (Å²) in [5, 5.41) is 12.5. The first-order chi connectivity index (χ1) is 10.1. The number of carbonyl (C=O) groups excluding carboxylic acids is 1. The average molecular weight is 294 g/mol. The molecular weight excluding hydrogens is 268 g/mol. The van der Waals surface area contributed by atoms with Gasteiger partial charge in [-0.25, -0.2) is 9.59 Å². The zero-order valence-corrected chi connectivity index (χ0v) is 12.8. The molecule has 21 heavy (non-hydrogen) atoms. The van der Waals surface area contributed by atoms with Crippen LogP contribution in [0.25, 0.3) is 0 Å². The molecule has 0 aromatic heterocycles. The van der Waals surface area contributed by atoms with Crippen molar-refractivity contribution in [2.24, 2.45) is 17.8 Å². The van der Waals surface area contributed by atoms with E-state index in [1.807, 2.05) is 0 Å². The van der Waals surface area contributed by atoms with Crippen molar-refractivity contribution in [3.63, 3.8) is 0 Å². The Balaban J connectivity index is 1.61. The number of urea groups is 1. The molecule has 5 nitrogen and oxygen atoms in total. The fraction of sp³-hybridized carbons (Fsp3) is 0.875. The van der Waals surface area contributed by atoms with Crippen LogP contribution in [-0.4, -0.2) is 40.6 Å². The van der Waals surface area contributed by atoms with E-state index in [-0.39, 0.29) is 12.1 Å². The number of rotatable bonds is 3. The number of likely N-dealkylation sites (tertiary alicyclic amines) is 1. The molecule has 2 N–H and O–H groups in total. The van der Waals surface area contributed by atoms with Gasteiger partial charge in [0.25, 0.3) is 0 Å². The lowest BCUT2D eigenvalue weighted by Gasteiger charge is -2.38. The van der Waals surface area contributed by atoms with E-state index in [4.69, 9.17) is 0 Å². The molecule has 3 aliphatic rings. The van der Waals surface area contributed by atoms with Gasteiger partial charge in [0.2, 0.25) is 0 Å². The number of amides is 2. The minimum Gasteiger partial charge on any atom is -0.480 e. The Morgan fingerprint density at radius 2 is 2.00 bits per heavy atom. The van der Waals surface area contributed by atoms with Crippen molar-refractivity contribution >= 4 is 12.0 Å². The molecule has 0 spiro atoms. The summed E-state index contributed by atoms with van der Waals surface area (Å²) in [6, 6.07) is -0.536. The van der Waals surface area contributed by atoms with Gasteiger partial charge in [-0.2, -0.15) is 0 Å². The van der Waals surface area contributed by atoms with Crippen LogP contribution in [0.2, 0.25) is 0 Å². The third kappa shape index (κ3) is 2.87. The van der Waals surface area contributed by atoms with Crippen molar-refractivity contribution in [3.05, 3.63) is 0 Å². The van der Waals surface area contributed by atoms with Gasteiger partial charge in [0.1, 0.15) is 6.04 Å². The van der Waals surface area contributed by atoms with Crippen LogP contribution in [0.4, 0.5) is 4.79 Å². The van der Waals surface area contributed by atoms with Gasteiger partial charge in [-0.15, -0.1) is 0 Å². The Morgan fingerprint density at radius 1 is 1.19 bits per heavy atom. The first kappa shape index (κ1) is 14.7. The van der Waals surface area contributed by atoms with E-state index in [2.05, 4.69) is 12.2 Å². The number of fused-ring (bicyclic) bond motifs is 2. The summed E-state index contributed by atoms with van der Waals surface area (Å²) < 4.78 is 0. The number of carboxylic acids is 1. The summed E-state index contributed by atoms with van der Waals surface area (Å²) in [6.07, 6.45) is 7.35. The van der Waals surface area contributed by atoms with Crippen molar-refractivity contribution < 1.29 is 14.7 Å². The van der Waals surface area contributed by atoms with Gasteiger partial charge in [0.05, 0.1) is 0 Å². The number of aliphatic carboxylic acids is 1. The molecule has 1 aliphatic heterocycles. The van der Waals surface area contributed by atoms with Crippen molar-refractivity contribution in [2.45, 2.75) is 64.0 Å². The molecule has 2 bridgehead atoms. The summed E-state index contributed by atoms with van der Waals surface area (Å²) in [7, 11) is 0. The first-order valence-corrected chi connectivity index (χ1v) is 8.38. The molecule has 3 rings (SSSR count). The molecule has 0 radical (unpaired) electrons. The summed E-state index contributed by atoms with van der Waals surface area (Å²) in [5.41, 5.74) is 0. The van der Waals surface area contributed by atoms with E-state index in [0.29, 0.717) is 24.8 Å². The SMILES string of the molecule is CCC1CCN(C(=O)NC2CC3CCC2C3)C(C(=O)O)C1. The summed E-state index contributed by atoms with van der Waals surface area (Å²) in [5.74, 6) is 0.964. The van der Waals surface area contributed by atoms with E-state index in [1.54, 1.807) is 4.90 Å². The highest BCUT2D eigenvalue weighted by Gasteiger charge is 2.42. The molecule has 5 unspecified atom stereocenters. The van der Waals surface area contributed by atoms with Crippen LogP contribution in [-0.2, 0) is 4.79 Å². The molecular formula is C16H26N2O3. The fourth-order valence-corrected chi connectivity index (χ4v) is 4.55. The lowest BCUT2D eigenvalue weighted by molar-refractivity contribution is -0.144. The molecule has 5 atom stereocenters. The number of nitrogens with one attached hydrogen (secondary N) is 1. The number of carbonyl (C=O) groups is 2. The second-order valence-electron chi connectivity index (χ2n) is 7.08. The molecule has 2 aliphatic carbocycles. The molecule has 5 heteroatoms. The molecule has 2 saturated carbocycles. The highest BCUT2D eigenvalue weighted by atomic mass is 16.4. The van der Waals surface area contributed by atoms with Crippen LogP contribution >= 0.6 is 0 Å². The monoisotopic (exact) mass is 294 g/mol. The van der Waals surface area contributed by atoms with Crippen LogP contribution < -0.4 is 5.32 Å². The summed E-state index contributed by atoms with van der Waals surface area (Å²) >= 11 is 0. The first-order valence-electron chi connectivity index (χ1n) is 8.38. The summed E-state index contributed by atoms with van der Waals surface area (Å²) in [4.78, 5) is 25.5. The topological polar surface area (TPSA) is 69.6 Å². The van der Waals surface area contributed by atoms with Crippen LogP contribution in [0.1, 0.15) is 51.9 Å². The molecule has 2 amide bonds. The van der Waals surface area contributed by atoms with Crippen LogP contribution in [0, 0.1) is 17.8 Å². The number of nitrogens with zero attached hydrogens (tertiary/aromatic N) is 1. The lowest BCUT2D eigenvalue weighted by atomic mass is 9.89. The quantitative estimate of drug-likeness (QED) is 0.840. The Bertz CT molecular complexity index is 426. The van der Waals surface area contributed by atoms with Gasteiger partial charge < -0.3 is 15.3 Å². The maximum Gasteiger partial charge on any atom is 0.326 e. The van der Waals surface area contributed by atoms with Gasteiger partial charge in [-0.1, -0.05) is 19.8 Å². The van der Waals surface area contributed by atoms with E-state index in [9.17, 15) is 14.7 Å². The van der Waals surface area contributed by atoms with E-state index < -0.39 is 12.0 Å². The van der Waals surface area contributed by atoms with Gasteiger partial charge in [-0.05, 0) is 49.9 Å². The van der Waals surface area contributed by atoms with Crippen molar-refractivity contribution in [1.29, 1.82) is 0 Å². The lowest BCUT2D eigenvalue weighted by Crippen LogP contribution is -2.55. The fourth-order valence-electron chi connectivity index (χ4n) is 4.55. The van der Waals surface area contributed by atoms with Gasteiger partial charge in [0, 0.05) is 12.6 Å². The summed E-state index contributed by atoms with van der Waals surface area (Å²) in [6.45, 7) is 2.66. The predicted molar refractivity (Wildman–Crippen MR) is 78.9 cm³/mol. The van der Waals surface area contributed by atoms with Crippen LogP contribution in [0.5, 0.6) is 0 Å². The minimum atomic E-state index is -0.865. The third-order valence-corrected chi connectivity index (χ3v) is 5.88. The molecule has 0 aromatic rings. The normalized spacial score (nSPS) is 38.5. The third-order valence-electron chi connectivity index (χ3n) is 5.88. The van der Waals surface area contributed by atoms with Crippen molar-refractivity contribution in [1.82, 2.24) is 10.2 Å². The van der Waals surface area contributed by atoms with Crippen molar-refractivity contribution in [2.75, 3.05) is 6.54 Å². The minimum absolute atomic E-state index is 0.158. The molecule has 3 fully saturated rings. The second kappa shape index (κ2) is 5.85. The predicted octanol–water partition coefficient (Wildman–Crippen LogP) is 2.46. The Labute approximate surface area is 126 Å². The average Bonchev–Trinajstić information content (AvgIpc) is 3.09. The van der Waals surface area contributed by atoms with E-state index in [1.165, 1.54) is 19.3 Å². The molecule has 1 heterocycles. The van der Waals surface area contributed by atoms with Crippen LogP contribution in [0.3, 0.4) is 0 Å². The Kier molecular flexibility index (Phi) is 4.09. The number of carboxylic acid groups (broad SMARTS) is 1. The number of hydrogen-bond donors (Lipinski definition) is 2. The molecule has 0 aromatic carbocycles. The highest BCUT2D eigenvalue weighted by Crippen LogP contribution is 2.44. The maximum absolute atomic E-state index is 12.5. The number of piperidine rings is 1. The smallest absolute Gasteiger partial charge is 0.326 e. The largest absolute Gasteiger partial charge is 0.480 e. The zero-order chi connectivity index (χ0) is 15.0. The van der Waals surface area contributed by atoms with Crippen LogP contribution in [0.15, 0.2) is 0 Å². The van der Waals surface area contributed by atoms with Gasteiger partial charge >= 0.3 is 12.0 Å². The van der Waals surface area contributed by atoms with Gasteiger partial charge in [-0.3, -0.25) is 0 Å². The Hall–Kier alpha value is -1.26. The zero-order valence-electron chi connectivity index (χ0n) is 12.8. The number of hydrogen-bond acceptors (Lipinski definition) is 2. The van der Waals surface area contributed by atoms with E-state index in [0.717, 1.165) is 25.2 Å². The van der Waals surface area contributed by atoms with Gasteiger partial charge in [0.15, 0.2) is 0 Å². The van der Waals surface area contributed by atoms with Crippen molar-refractivity contribution in [3.8, 4) is 0 Å². The standard InChI is InChI=1S/C16H26N2O3/c1-2-10-5-6-18(14(9-10)15(19)20)16(21)17-13-8-11-3-4-12(13)7-11/h10-14H,2-9H2,1H3,(H,17,21)(H,19,20). The van der Waals surface area contributed by atoms with E-state index >= 15 is 0 Å². The Morgan fingerprint density at radius 3 is 2.57 bits per heavy atom.